The third-order valence-corrected chi connectivity index (χ3v) is 3.76. The first-order valence-electron chi connectivity index (χ1n) is 7.49. The number of benzene rings is 1. The van der Waals surface area contributed by atoms with E-state index in [2.05, 4.69) is 15.7 Å². The first-order valence-corrected chi connectivity index (χ1v) is 7.49. The smallest absolute Gasteiger partial charge is 0.417 e. The quantitative estimate of drug-likeness (QED) is 0.741. The van der Waals surface area contributed by atoms with Gasteiger partial charge in [-0.25, -0.2) is 4.68 Å². The maximum atomic E-state index is 13.1. The summed E-state index contributed by atoms with van der Waals surface area (Å²) in [6.45, 7) is 1.60. The lowest BCUT2D eigenvalue weighted by molar-refractivity contribution is -0.137. The molecule has 0 amide bonds. The molecule has 1 aromatic carbocycles. The van der Waals surface area contributed by atoms with Gasteiger partial charge < -0.3 is 10.5 Å². The number of halogens is 3. The van der Waals surface area contributed by atoms with Gasteiger partial charge in [-0.3, -0.25) is 9.47 Å². The average molecular weight is 365 g/mol. The molecule has 0 spiro atoms. The van der Waals surface area contributed by atoms with Crippen LogP contribution in [0, 0.1) is 6.92 Å². The van der Waals surface area contributed by atoms with Gasteiger partial charge in [0, 0.05) is 17.8 Å². The van der Waals surface area contributed by atoms with Gasteiger partial charge in [0.2, 0.25) is 5.43 Å². The predicted octanol–water partition coefficient (Wildman–Crippen LogP) is 2.34. The van der Waals surface area contributed by atoms with E-state index < -0.39 is 22.9 Å². The third-order valence-electron chi connectivity index (χ3n) is 3.76. The summed E-state index contributed by atoms with van der Waals surface area (Å²) < 4.78 is 42.0. The van der Waals surface area contributed by atoms with E-state index in [-0.39, 0.29) is 17.9 Å². The number of hydrogen-bond acceptors (Lipinski definition) is 5. The largest absolute Gasteiger partial charge is 0.503 e. The van der Waals surface area contributed by atoms with Gasteiger partial charge in [0.05, 0.1) is 17.5 Å². The molecular weight excluding hydrogens is 351 g/mol. The second-order valence-electron chi connectivity index (χ2n) is 5.49. The lowest BCUT2D eigenvalue weighted by Gasteiger charge is -2.13. The Morgan fingerprint density at radius 1 is 1.23 bits per heavy atom. The lowest BCUT2D eigenvalue weighted by atomic mass is 10.1. The summed E-state index contributed by atoms with van der Waals surface area (Å²) in [6.07, 6.45) is -1.70. The van der Waals surface area contributed by atoms with Gasteiger partial charge in [-0.2, -0.15) is 13.2 Å². The fourth-order valence-electron chi connectivity index (χ4n) is 2.40. The van der Waals surface area contributed by atoms with Crippen molar-refractivity contribution in [2.75, 3.05) is 5.43 Å². The first-order chi connectivity index (χ1) is 12.3. The Balaban J connectivity index is 1.82. The van der Waals surface area contributed by atoms with Crippen molar-refractivity contribution in [2.45, 2.75) is 19.8 Å². The molecule has 0 atom stereocenters. The van der Waals surface area contributed by atoms with Crippen LogP contribution in [0.3, 0.4) is 0 Å². The number of nitrogens with one attached hydrogen (secondary N) is 1. The molecule has 2 aromatic heterocycles. The summed E-state index contributed by atoms with van der Waals surface area (Å²) in [5.74, 6) is -0.390. The number of pyridine rings is 1. The molecule has 0 aliphatic rings. The van der Waals surface area contributed by atoms with Gasteiger partial charge in [-0.15, -0.1) is 5.10 Å². The van der Waals surface area contributed by atoms with E-state index >= 15 is 0 Å². The second kappa shape index (κ2) is 6.54. The second-order valence-corrected chi connectivity index (χ2v) is 5.49. The molecule has 3 aromatic rings. The zero-order valence-electron chi connectivity index (χ0n) is 13.5. The first kappa shape index (κ1) is 17.5. The van der Waals surface area contributed by atoms with Crippen molar-refractivity contribution >= 4 is 0 Å². The van der Waals surface area contributed by atoms with Crippen molar-refractivity contribution in [3.63, 3.8) is 0 Å². The van der Waals surface area contributed by atoms with E-state index in [9.17, 15) is 23.1 Å². The molecule has 10 heteroatoms. The highest BCUT2D eigenvalue weighted by Gasteiger charge is 2.33. The monoisotopic (exact) mass is 365 g/mol. The molecular formula is C16H14F3N5O2. The molecule has 0 fully saturated rings. The number of rotatable bonds is 4. The zero-order valence-corrected chi connectivity index (χ0v) is 13.5. The summed E-state index contributed by atoms with van der Waals surface area (Å²) in [5.41, 5.74) is 1.87. The van der Waals surface area contributed by atoms with Crippen molar-refractivity contribution in [2.24, 2.45) is 0 Å². The molecule has 3 rings (SSSR count). The van der Waals surface area contributed by atoms with E-state index in [0.717, 1.165) is 6.07 Å². The van der Waals surface area contributed by atoms with E-state index in [1.165, 1.54) is 52.9 Å². The Hall–Kier alpha value is -3.30. The van der Waals surface area contributed by atoms with Gasteiger partial charge in [-0.05, 0) is 13.0 Å². The van der Waals surface area contributed by atoms with Crippen LogP contribution >= 0.6 is 0 Å². The van der Waals surface area contributed by atoms with Crippen LogP contribution in [0.5, 0.6) is 5.75 Å². The van der Waals surface area contributed by atoms with E-state index in [1.54, 1.807) is 0 Å². The van der Waals surface area contributed by atoms with Crippen LogP contribution in [0.4, 0.5) is 13.2 Å². The summed E-state index contributed by atoms with van der Waals surface area (Å²) in [4.78, 5) is 11.3. The number of alkyl halides is 3. The Kier molecular flexibility index (Phi) is 4.41. The standard InChI is InChI=1S/C16H14F3N5O2/c1-10-15(26)14(25)6-7-24(10)20-9-23-8-13(21-22-23)11-4-2-3-5-12(11)16(17,18)19/h2-8,20,26H,9H2,1H3. The molecule has 7 nitrogen and oxygen atoms in total. The molecule has 0 bridgehead atoms. The molecule has 0 aliphatic carbocycles. The van der Waals surface area contributed by atoms with Crippen molar-refractivity contribution in [1.82, 2.24) is 19.7 Å². The Morgan fingerprint density at radius 2 is 1.96 bits per heavy atom. The fourth-order valence-corrected chi connectivity index (χ4v) is 2.40. The molecule has 136 valence electrons. The van der Waals surface area contributed by atoms with Crippen LogP contribution < -0.4 is 10.9 Å². The minimum absolute atomic E-state index is 0.0599. The third kappa shape index (κ3) is 3.39. The van der Waals surface area contributed by atoms with Gasteiger partial charge in [0.15, 0.2) is 5.75 Å². The van der Waals surface area contributed by atoms with Gasteiger partial charge >= 0.3 is 6.18 Å². The number of aromatic nitrogens is 4. The van der Waals surface area contributed by atoms with Gasteiger partial charge in [0.25, 0.3) is 0 Å². The Bertz CT molecular complexity index is 994. The van der Waals surface area contributed by atoms with Crippen molar-refractivity contribution in [1.29, 1.82) is 0 Å². The minimum Gasteiger partial charge on any atom is -0.503 e. The molecule has 2 heterocycles. The Labute approximate surface area is 145 Å². The highest BCUT2D eigenvalue weighted by atomic mass is 19.4. The maximum Gasteiger partial charge on any atom is 0.417 e. The molecule has 26 heavy (non-hydrogen) atoms. The van der Waals surface area contributed by atoms with Crippen LogP contribution in [-0.4, -0.2) is 24.8 Å². The van der Waals surface area contributed by atoms with Crippen molar-refractivity contribution in [3.8, 4) is 17.0 Å². The average Bonchev–Trinajstić information content (AvgIpc) is 3.07. The minimum atomic E-state index is -4.50. The van der Waals surface area contributed by atoms with Gasteiger partial charge in [-0.1, -0.05) is 23.4 Å². The molecule has 0 saturated heterocycles. The highest BCUT2D eigenvalue weighted by molar-refractivity contribution is 5.63. The van der Waals surface area contributed by atoms with Crippen LogP contribution in [0.1, 0.15) is 11.3 Å². The summed E-state index contributed by atoms with van der Waals surface area (Å²) in [6, 6.07) is 6.30. The molecule has 2 N–H and O–H groups in total. The molecule has 0 saturated carbocycles. The number of aromatic hydroxyl groups is 1. The highest BCUT2D eigenvalue weighted by Crippen LogP contribution is 2.35. The maximum absolute atomic E-state index is 13.1. The topological polar surface area (TPSA) is 85.0 Å². The summed E-state index contributed by atoms with van der Waals surface area (Å²) in [5, 5.41) is 17.2. The SMILES string of the molecule is Cc1c(O)c(=O)ccn1NCn1cc(-c2ccccc2C(F)(F)F)nn1. The van der Waals surface area contributed by atoms with Crippen LogP contribution in [0.2, 0.25) is 0 Å². The zero-order chi connectivity index (χ0) is 18.9. The van der Waals surface area contributed by atoms with Crippen molar-refractivity contribution < 1.29 is 18.3 Å². The number of hydrogen-bond donors (Lipinski definition) is 2. The lowest BCUT2D eigenvalue weighted by Crippen LogP contribution is -2.22. The van der Waals surface area contributed by atoms with E-state index in [0.29, 0.717) is 5.69 Å². The number of nitrogens with zero attached hydrogens (tertiary/aromatic N) is 4. The van der Waals surface area contributed by atoms with Crippen LogP contribution in [0.15, 0.2) is 47.5 Å². The van der Waals surface area contributed by atoms with E-state index in [4.69, 9.17) is 0 Å². The normalized spacial score (nSPS) is 11.5. The summed E-state index contributed by atoms with van der Waals surface area (Å²) in [7, 11) is 0. The van der Waals surface area contributed by atoms with Gasteiger partial charge in [0.1, 0.15) is 12.4 Å². The van der Waals surface area contributed by atoms with E-state index in [1.807, 2.05) is 0 Å². The molecule has 0 unspecified atom stereocenters. The molecule has 0 aliphatic heterocycles. The predicted molar refractivity (Wildman–Crippen MR) is 86.9 cm³/mol. The van der Waals surface area contributed by atoms with Crippen LogP contribution in [-0.2, 0) is 12.8 Å². The summed E-state index contributed by atoms with van der Waals surface area (Å²) >= 11 is 0. The fraction of sp³-hybridized carbons (Fsp3) is 0.188. The molecule has 0 radical (unpaired) electrons. The Morgan fingerprint density at radius 3 is 2.69 bits per heavy atom. The van der Waals surface area contributed by atoms with Crippen molar-refractivity contribution in [3.05, 3.63) is 64.2 Å². The van der Waals surface area contributed by atoms with Crippen LogP contribution in [0.25, 0.3) is 11.3 Å².